The van der Waals surface area contributed by atoms with E-state index in [1.165, 1.54) is 16.7 Å². The van der Waals surface area contributed by atoms with Gasteiger partial charge in [0, 0.05) is 7.11 Å². The van der Waals surface area contributed by atoms with Crippen LogP contribution < -0.4 is 11.3 Å². The largest absolute Gasteiger partial charge is 0.382 e. The normalized spacial score (nSPS) is 12.7. The first-order valence-electron chi connectivity index (χ1n) is 5.79. The highest BCUT2D eigenvalue weighted by Gasteiger charge is 2.12. The van der Waals surface area contributed by atoms with E-state index in [4.69, 9.17) is 15.3 Å². The maximum Gasteiger partial charge on any atom is 0.0701 e. The molecule has 0 aliphatic rings. The molecule has 96 valence electrons. The molecular weight excluding hydrogens is 216 g/mol. The first-order valence-corrected chi connectivity index (χ1v) is 5.79. The van der Waals surface area contributed by atoms with E-state index in [-0.39, 0.29) is 6.04 Å². The van der Waals surface area contributed by atoms with Crippen molar-refractivity contribution in [1.29, 1.82) is 0 Å². The maximum atomic E-state index is 5.58. The smallest absolute Gasteiger partial charge is 0.0701 e. The number of nitrogens with one attached hydrogen (secondary N) is 1. The fourth-order valence-electron chi connectivity index (χ4n) is 1.72. The summed E-state index contributed by atoms with van der Waals surface area (Å²) in [7, 11) is 1.66. The van der Waals surface area contributed by atoms with Crippen LogP contribution in [0.4, 0.5) is 0 Å². The number of hydrazine groups is 1. The number of benzene rings is 1. The molecule has 0 spiro atoms. The van der Waals surface area contributed by atoms with Crippen molar-refractivity contribution in [3.63, 3.8) is 0 Å². The van der Waals surface area contributed by atoms with Gasteiger partial charge >= 0.3 is 0 Å². The van der Waals surface area contributed by atoms with Crippen molar-refractivity contribution in [2.75, 3.05) is 26.9 Å². The van der Waals surface area contributed by atoms with Crippen molar-refractivity contribution in [2.24, 2.45) is 5.84 Å². The summed E-state index contributed by atoms with van der Waals surface area (Å²) in [5.41, 5.74) is 6.50. The van der Waals surface area contributed by atoms with Crippen LogP contribution in [0.1, 0.15) is 22.7 Å². The Balaban J connectivity index is 2.63. The molecule has 4 heteroatoms. The van der Waals surface area contributed by atoms with Gasteiger partial charge in [-0.05, 0) is 30.5 Å². The summed E-state index contributed by atoms with van der Waals surface area (Å²) in [4.78, 5) is 0. The molecule has 0 aromatic heterocycles. The van der Waals surface area contributed by atoms with Crippen LogP contribution in [0.5, 0.6) is 0 Å². The molecule has 1 aromatic carbocycles. The highest BCUT2D eigenvalue weighted by molar-refractivity contribution is 5.35. The summed E-state index contributed by atoms with van der Waals surface area (Å²) in [6, 6.07) is 6.23. The molecule has 3 N–H and O–H groups in total. The van der Waals surface area contributed by atoms with E-state index < -0.39 is 0 Å². The summed E-state index contributed by atoms with van der Waals surface area (Å²) in [6.45, 7) is 5.93. The topological polar surface area (TPSA) is 56.5 Å². The zero-order valence-electron chi connectivity index (χ0n) is 10.8. The molecule has 0 fully saturated rings. The summed E-state index contributed by atoms with van der Waals surface area (Å²) in [5, 5.41) is 0. The molecule has 0 radical (unpaired) electrons. The molecule has 1 unspecified atom stereocenters. The van der Waals surface area contributed by atoms with Crippen molar-refractivity contribution < 1.29 is 9.47 Å². The van der Waals surface area contributed by atoms with Crippen molar-refractivity contribution in [2.45, 2.75) is 19.9 Å². The Kier molecular flexibility index (Phi) is 6.15. The van der Waals surface area contributed by atoms with Gasteiger partial charge in [0.25, 0.3) is 0 Å². The maximum absolute atomic E-state index is 5.58. The molecular formula is C13H22N2O2. The average Bonchev–Trinajstić information content (AvgIpc) is 2.34. The molecule has 0 saturated heterocycles. The second-order valence-electron chi connectivity index (χ2n) is 4.08. The van der Waals surface area contributed by atoms with E-state index in [1.54, 1.807) is 7.11 Å². The molecule has 1 rings (SSSR count). The van der Waals surface area contributed by atoms with Crippen LogP contribution in [0, 0.1) is 13.8 Å². The third kappa shape index (κ3) is 4.09. The number of nitrogens with two attached hydrogens (primary N) is 1. The van der Waals surface area contributed by atoms with Crippen molar-refractivity contribution in [3.05, 3.63) is 34.9 Å². The Bertz CT molecular complexity index is 342. The lowest BCUT2D eigenvalue weighted by Gasteiger charge is -2.19. The van der Waals surface area contributed by atoms with Gasteiger partial charge in [0.1, 0.15) is 0 Å². The van der Waals surface area contributed by atoms with Gasteiger partial charge in [-0.15, -0.1) is 0 Å². The highest BCUT2D eigenvalue weighted by atomic mass is 16.5. The van der Waals surface area contributed by atoms with Crippen LogP contribution in [0.15, 0.2) is 18.2 Å². The van der Waals surface area contributed by atoms with Gasteiger partial charge in [0.05, 0.1) is 25.9 Å². The van der Waals surface area contributed by atoms with Gasteiger partial charge in [-0.2, -0.15) is 0 Å². The Morgan fingerprint density at radius 1 is 1.29 bits per heavy atom. The van der Waals surface area contributed by atoms with Gasteiger partial charge < -0.3 is 9.47 Å². The number of ether oxygens (including phenoxy) is 2. The molecule has 17 heavy (non-hydrogen) atoms. The number of rotatable bonds is 7. The van der Waals surface area contributed by atoms with E-state index in [0.717, 1.165) is 0 Å². The minimum absolute atomic E-state index is 0.0201. The van der Waals surface area contributed by atoms with Gasteiger partial charge in [-0.3, -0.25) is 11.3 Å². The molecule has 0 heterocycles. The molecule has 0 saturated carbocycles. The fraction of sp³-hybridized carbons (Fsp3) is 0.538. The lowest BCUT2D eigenvalue weighted by molar-refractivity contribution is 0.0585. The minimum Gasteiger partial charge on any atom is -0.382 e. The standard InChI is InChI=1S/C13H22N2O2/c1-10-5-4-6-12(11(10)2)13(15-14)9-17-8-7-16-3/h4-6,13,15H,7-9,14H2,1-3H3. The predicted octanol–water partition coefficient (Wildman–Crippen LogP) is 1.47. The number of hydrogen-bond donors (Lipinski definition) is 2. The van der Waals surface area contributed by atoms with Crippen molar-refractivity contribution in [3.8, 4) is 0 Å². The summed E-state index contributed by atoms with van der Waals surface area (Å²) >= 11 is 0. The zero-order valence-corrected chi connectivity index (χ0v) is 10.8. The Morgan fingerprint density at radius 2 is 2.06 bits per heavy atom. The van der Waals surface area contributed by atoms with Crippen LogP contribution in [0.3, 0.4) is 0 Å². The van der Waals surface area contributed by atoms with Crippen LogP contribution >= 0.6 is 0 Å². The molecule has 0 aliphatic carbocycles. The highest BCUT2D eigenvalue weighted by Crippen LogP contribution is 2.20. The number of methoxy groups -OCH3 is 1. The summed E-state index contributed by atoms with van der Waals surface area (Å²) in [6.07, 6.45) is 0. The monoisotopic (exact) mass is 238 g/mol. The van der Waals surface area contributed by atoms with E-state index in [1.807, 2.05) is 6.07 Å². The molecule has 0 bridgehead atoms. The zero-order chi connectivity index (χ0) is 12.7. The van der Waals surface area contributed by atoms with Crippen LogP contribution in [-0.2, 0) is 9.47 Å². The Morgan fingerprint density at radius 3 is 2.71 bits per heavy atom. The summed E-state index contributed by atoms with van der Waals surface area (Å²) < 4.78 is 10.4. The average molecular weight is 238 g/mol. The first kappa shape index (κ1) is 14.1. The van der Waals surface area contributed by atoms with E-state index in [0.29, 0.717) is 19.8 Å². The van der Waals surface area contributed by atoms with E-state index >= 15 is 0 Å². The van der Waals surface area contributed by atoms with Gasteiger partial charge in [-0.25, -0.2) is 0 Å². The molecule has 0 amide bonds. The van der Waals surface area contributed by atoms with Gasteiger partial charge in [0.15, 0.2) is 0 Å². The van der Waals surface area contributed by atoms with Crippen molar-refractivity contribution >= 4 is 0 Å². The van der Waals surface area contributed by atoms with Crippen molar-refractivity contribution in [1.82, 2.24) is 5.43 Å². The van der Waals surface area contributed by atoms with Gasteiger partial charge in [0.2, 0.25) is 0 Å². The van der Waals surface area contributed by atoms with E-state index in [9.17, 15) is 0 Å². The molecule has 4 nitrogen and oxygen atoms in total. The van der Waals surface area contributed by atoms with Gasteiger partial charge in [-0.1, -0.05) is 18.2 Å². The second kappa shape index (κ2) is 7.40. The van der Waals surface area contributed by atoms with Crippen LogP contribution in [0.2, 0.25) is 0 Å². The quantitative estimate of drug-likeness (QED) is 0.429. The molecule has 1 aromatic rings. The second-order valence-corrected chi connectivity index (χ2v) is 4.08. The number of aryl methyl sites for hydroxylation is 1. The van der Waals surface area contributed by atoms with Crippen LogP contribution in [0.25, 0.3) is 0 Å². The first-order chi connectivity index (χ1) is 8.20. The Labute approximate surface area is 103 Å². The summed E-state index contributed by atoms with van der Waals surface area (Å²) in [5.74, 6) is 5.58. The lowest BCUT2D eigenvalue weighted by Crippen LogP contribution is -2.32. The number of hydrogen-bond acceptors (Lipinski definition) is 4. The lowest BCUT2D eigenvalue weighted by atomic mass is 9.98. The predicted molar refractivity (Wildman–Crippen MR) is 68.7 cm³/mol. The Hall–Kier alpha value is -0.940. The third-order valence-electron chi connectivity index (χ3n) is 2.94. The molecule has 0 aliphatic heterocycles. The third-order valence-corrected chi connectivity index (χ3v) is 2.94. The molecule has 1 atom stereocenters. The minimum atomic E-state index is 0.0201. The SMILES string of the molecule is COCCOCC(NN)c1cccc(C)c1C. The van der Waals surface area contributed by atoms with Crippen LogP contribution in [-0.4, -0.2) is 26.9 Å². The van der Waals surface area contributed by atoms with E-state index in [2.05, 4.69) is 31.4 Å². The fourth-order valence-corrected chi connectivity index (χ4v) is 1.72.